The number of pyridine rings is 2. The monoisotopic (exact) mass is 388 g/mol. The van der Waals surface area contributed by atoms with Gasteiger partial charge in [0.2, 0.25) is 0 Å². The third-order valence-corrected chi connectivity index (χ3v) is 5.23. The van der Waals surface area contributed by atoms with Crippen molar-refractivity contribution < 1.29 is 9.59 Å². The van der Waals surface area contributed by atoms with E-state index in [-0.39, 0.29) is 0 Å². The summed E-state index contributed by atoms with van der Waals surface area (Å²) < 4.78 is 0. The minimum atomic E-state index is 0.617. The molecule has 4 nitrogen and oxygen atoms in total. The highest BCUT2D eigenvalue weighted by Crippen LogP contribution is 2.28. The van der Waals surface area contributed by atoms with Crippen molar-refractivity contribution in [3.05, 3.63) is 96.1 Å². The molecule has 0 unspecified atom stereocenters. The SMILES string of the molecule is O=Cc1cc(-c2ccc(-c3cc(C=O)c4ccccc4n3)cc2)nc2ccccc12. The van der Waals surface area contributed by atoms with Crippen molar-refractivity contribution >= 4 is 34.4 Å². The van der Waals surface area contributed by atoms with Crippen molar-refractivity contribution in [3.8, 4) is 22.5 Å². The number of carbonyl (C=O) groups is 2. The Hall–Kier alpha value is -4.18. The van der Waals surface area contributed by atoms with Crippen LogP contribution in [-0.4, -0.2) is 22.5 Å². The predicted octanol–water partition coefficient (Wildman–Crippen LogP) is 5.74. The van der Waals surface area contributed by atoms with Gasteiger partial charge < -0.3 is 0 Å². The Morgan fingerprint density at radius 3 is 1.33 bits per heavy atom. The summed E-state index contributed by atoms with van der Waals surface area (Å²) in [5.41, 5.74) is 6.09. The van der Waals surface area contributed by atoms with Gasteiger partial charge in [-0.25, -0.2) is 9.97 Å². The predicted molar refractivity (Wildman–Crippen MR) is 119 cm³/mol. The maximum absolute atomic E-state index is 11.5. The lowest BCUT2D eigenvalue weighted by atomic mass is 10.0. The Kier molecular flexibility index (Phi) is 4.37. The molecule has 5 aromatic rings. The summed E-state index contributed by atoms with van der Waals surface area (Å²) in [7, 11) is 0. The van der Waals surface area contributed by atoms with E-state index in [0.29, 0.717) is 11.1 Å². The van der Waals surface area contributed by atoms with E-state index in [1.54, 1.807) is 0 Å². The second kappa shape index (κ2) is 7.33. The van der Waals surface area contributed by atoms with Crippen LogP contribution in [0.1, 0.15) is 20.7 Å². The van der Waals surface area contributed by atoms with Gasteiger partial charge in [-0.3, -0.25) is 9.59 Å². The second-order valence-electron chi connectivity index (χ2n) is 7.04. The molecule has 0 saturated heterocycles. The average Bonchev–Trinajstić information content (AvgIpc) is 2.82. The van der Waals surface area contributed by atoms with Gasteiger partial charge in [-0.15, -0.1) is 0 Å². The molecule has 0 atom stereocenters. The summed E-state index contributed by atoms with van der Waals surface area (Å²) in [4.78, 5) is 32.5. The third kappa shape index (κ3) is 3.05. The van der Waals surface area contributed by atoms with Gasteiger partial charge in [-0.05, 0) is 24.3 Å². The molecule has 0 fully saturated rings. The minimum absolute atomic E-state index is 0.617. The number of benzene rings is 3. The van der Waals surface area contributed by atoms with Crippen molar-refractivity contribution in [2.45, 2.75) is 0 Å². The molecule has 0 N–H and O–H groups in total. The smallest absolute Gasteiger partial charge is 0.150 e. The topological polar surface area (TPSA) is 59.9 Å². The first-order chi connectivity index (χ1) is 14.8. The van der Waals surface area contributed by atoms with Gasteiger partial charge >= 0.3 is 0 Å². The first kappa shape index (κ1) is 17.9. The fraction of sp³-hybridized carbons (Fsp3) is 0. The molecular weight excluding hydrogens is 372 g/mol. The molecule has 2 heterocycles. The lowest BCUT2D eigenvalue weighted by molar-refractivity contribution is 0.111. The summed E-state index contributed by atoms with van der Waals surface area (Å²) >= 11 is 0. The first-order valence-electron chi connectivity index (χ1n) is 9.57. The molecule has 30 heavy (non-hydrogen) atoms. The summed E-state index contributed by atoms with van der Waals surface area (Å²) in [5.74, 6) is 0. The highest BCUT2D eigenvalue weighted by Gasteiger charge is 2.10. The van der Waals surface area contributed by atoms with E-state index in [2.05, 4.69) is 0 Å². The van der Waals surface area contributed by atoms with E-state index in [1.165, 1.54) is 0 Å². The number of hydrogen-bond donors (Lipinski definition) is 0. The maximum Gasteiger partial charge on any atom is 0.150 e. The van der Waals surface area contributed by atoms with Gasteiger partial charge in [-0.1, -0.05) is 60.7 Å². The van der Waals surface area contributed by atoms with Crippen molar-refractivity contribution in [1.29, 1.82) is 0 Å². The van der Waals surface area contributed by atoms with E-state index in [0.717, 1.165) is 56.9 Å². The maximum atomic E-state index is 11.5. The highest BCUT2D eigenvalue weighted by atomic mass is 16.1. The van der Waals surface area contributed by atoms with Crippen LogP contribution >= 0.6 is 0 Å². The number of fused-ring (bicyclic) bond motifs is 2. The highest BCUT2D eigenvalue weighted by molar-refractivity contribution is 5.99. The quantitative estimate of drug-likeness (QED) is 0.368. The van der Waals surface area contributed by atoms with Gasteiger partial charge in [0, 0.05) is 33.0 Å². The van der Waals surface area contributed by atoms with E-state index in [1.807, 2.05) is 84.9 Å². The molecular formula is C26H16N2O2. The number of aromatic nitrogens is 2. The zero-order chi connectivity index (χ0) is 20.5. The fourth-order valence-corrected chi connectivity index (χ4v) is 3.71. The van der Waals surface area contributed by atoms with Crippen LogP contribution in [-0.2, 0) is 0 Å². The average molecular weight is 388 g/mol. The van der Waals surface area contributed by atoms with Gasteiger partial charge in [0.1, 0.15) is 0 Å². The number of hydrogen-bond acceptors (Lipinski definition) is 4. The Bertz CT molecular complexity index is 1310. The van der Waals surface area contributed by atoms with E-state index in [4.69, 9.17) is 9.97 Å². The van der Waals surface area contributed by atoms with Crippen LogP contribution in [0.4, 0.5) is 0 Å². The van der Waals surface area contributed by atoms with E-state index >= 15 is 0 Å². The first-order valence-corrected chi connectivity index (χ1v) is 9.57. The molecule has 2 aromatic heterocycles. The number of nitrogens with zero attached hydrogens (tertiary/aromatic N) is 2. The number of para-hydroxylation sites is 2. The van der Waals surface area contributed by atoms with E-state index < -0.39 is 0 Å². The molecule has 4 heteroatoms. The minimum Gasteiger partial charge on any atom is -0.298 e. The van der Waals surface area contributed by atoms with Crippen LogP contribution in [0.15, 0.2) is 84.9 Å². The van der Waals surface area contributed by atoms with Crippen molar-refractivity contribution in [3.63, 3.8) is 0 Å². The van der Waals surface area contributed by atoms with Crippen LogP contribution in [0, 0.1) is 0 Å². The Morgan fingerprint density at radius 1 is 0.533 bits per heavy atom. The molecule has 0 amide bonds. The Labute approximate surface area is 172 Å². The van der Waals surface area contributed by atoms with Crippen LogP contribution in [0.3, 0.4) is 0 Å². The standard InChI is InChI=1S/C26H16N2O2/c29-15-19-13-25(27-23-7-3-1-5-21(19)23)17-9-11-18(12-10-17)26-14-20(16-30)22-6-2-4-8-24(22)28-26/h1-16H. The number of rotatable bonds is 4. The summed E-state index contributed by atoms with van der Waals surface area (Å²) in [5, 5.41) is 1.68. The molecule has 0 radical (unpaired) electrons. The zero-order valence-electron chi connectivity index (χ0n) is 15.9. The van der Waals surface area contributed by atoms with Gasteiger partial charge in [0.05, 0.1) is 22.4 Å². The molecule has 0 aliphatic rings. The van der Waals surface area contributed by atoms with Crippen LogP contribution in [0.25, 0.3) is 44.3 Å². The Morgan fingerprint density at radius 2 is 0.933 bits per heavy atom. The van der Waals surface area contributed by atoms with Gasteiger partial charge in [-0.2, -0.15) is 0 Å². The molecule has 0 spiro atoms. The summed E-state index contributed by atoms with van der Waals surface area (Å²) in [6, 6.07) is 26.7. The lowest BCUT2D eigenvalue weighted by Crippen LogP contribution is -1.93. The number of aldehydes is 2. The molecule has 3 aromatic carbocycles. The van der Waals surface area contributed by atoms with E-state index in [9.17, 15) is 9.59 Å². The second-order valence-corrected chi connectivity index (χ2v) is 7.04. The van der Waals surface area contributed by atoms with Crippen molar-refractivity contribution in [1.82, 2.24) is 9.97 Å². The molecule has 0 saturated carbocycles. The molecule has 0 aliphatic carbocycles. The van der Waals surface area contributed by atoms with Gasteiger partial charge in [0.25, 0.3) is 0 Å². The summed E-state index contributed by atoms with van der Waals surface area (Å²) in [6.45, 7) is 0. The fourth-order valence-electron chi connectivity index (χ4n) is 3.71. The van der Waals surface area contributed by atoms with Crippen molar-refractivity contribution in [2.24, 2.45) is 0 Å². The molecule has 5 rings (SSSR count). The lowest BCUT2D eigenvalue weighted by Gasteiger charge is -2.09. The molecule has 142 valence electrons. The zero-order valence-corrected chi connectivity index (χ0v) is 15.9. The third-order valence-electron chi connectivity index (χ3n) is 5.23. The van der Waals surface area contributed by atoms with Crippen LogP contribution < -0.4 is 0 Å². The largest absolute Gasteiger partial charge is 0.298 e. The number of carbonyl (C=O) groups excluding carboxylic acids is 2. The normalized spacial score (nSPS) is 10.9. The molecule has 0 bridgehead atoms. The molecule has 0 aliphatic heterocycles. The van der Waals surface area contributed by atoms with Crippen molar-refractivity contribution in [2.75, 3.05) is 0 Å². The van der Waals surface area contributed by atoms with Gasteiger partial charge in [0.15, 0.2) is 12.6 Å². The van der Waals surface area contributed by atoms with Crippen LogP contribution in [0.5, 0.6) is 0 Å². The Balaban J connectivity index is 1.58. The summed E-state index contributed by atoms with van der Waals surface area (Å²) in [6.07, 6.45) is 1.73. The van der Waals surface area contributed by atoms with Crippen LogP contribution in [0.2, 0.25) is 0 Å².